The fourth-order valence-electron chi connectivity index (χ4n) is 10.5. The minimum Gasteiger partial charge on any atom is -0.382 e. The molecule has 4 rings (SSSR count). The molecule has 4 aliphatic carbocycles. The van der Waals surface area contributed by atoms with Crippen LogP contribution >= 0.6 is 0 Å². The minimum absolute atomic E-state index is 0.169. The Hall–Kier alpha value is -0.280. The summed E-state index contributed by atoms with van der Waals surface area (Å²) in [6, 6.07) is 0. The highest BCUT2D eigenvalue weighted by Gasteiger charge is 2.66. The highest BCUT2D eigenvalue weighted by Crippen LogP contribution is 2.69. The lowest BCUT2D eigenvalue weighted by Crippen LogP contribution is -2.63. The summed E-state index contributed by atoms with van der Waals surface area (Å²) < 4.78 is 25.9. The number of hydrogen-bond donors (Lipinski definition) is 3. The summed E-state index contributed by atoms with van der Waals surface area (Å²) in [4.78, 5) is 0. The lowest BCUT2D eigenvalue weighted by molar-refractivity contribution is -0.227. The van der Waals surface area contributed by atoms with Gasteiger partial charge in [-0.15, -0.1) is 0 Å². The average Bonchev–Trinajstić information content (AvgIpc) is 3.34. The summed E-state index contributed by atoms with van der Waals surface area (Å²) in [6.07, 6.45) is 14.7. The molecule has 7 heteroatoms. The molecule has 11 atom stereocenters. The second-order valence-corrected chi connectivity index (χ2v) is 14.8. The first-order valence-corrected chi connectivity index (χ1v) is 17.9. The Morgan fingerprint density at radius 2 is 1.45 bits per heavy atom. The quantitative estimate of drug-likeness (QED) is 0.179. The van der Waals surface area contributed by atoms with E-state index in [4.69, 9.17) is 36.1 Å². The smallest absolute Gasteiger partial charge is 0.0637 e. The minimum atomic E-state index is 0.169. The van der Waals surface area contributed by atoms with E-state index in [-0.39, 0.29) is 11.5 Å². The predicted octanol–water partition coefficient (Wildman–Crippen LogP) is 5.52. The lowest BCUT2D eigenvalue weighted by atomic mass is 9.43. The molecule has 0 amide bonds. The lowest BCUT2D eigenvalue weighted by Gasteiger charge is -2.65. The van der Waals surface area contributed by atoms with Crippen molar-refractivity contribution < 1.29 is 18.9 Å². The molecule has 0 heterocycles. The van der Waals surface area contributed by atoms with Gasteiger partial charge in [0.05, 0.1) is 18.3 Å². The molecule has 0 unspecified atom stereocenters. The van der Waals surface area contributed by atoms with E-state index in [1.807, 2.05) is 0 Å². The van der Waals surface area contributed by atoms with Gasteiger partial charge in [0.2, 0.25) is 0 Å². The molecule has 246 valence electrons. The number of hydrogen-bond acceptors (Lipinski definition) is 7. The third-order valence-electron chi connectivity index (χ3n) is 12.6. The maximum Gasteiger partial charge on any atom is 0.0637 e. The van der Waals surface area contributed by atoms with E-state index < -0.39 is 0 Å². The van der Waals surface area contributed by atoms with Gasteiger partial charge in [-0.1, -0.05) is 20.8 Å². The molecule has 6 N–H and O–H groups in total. The van der Waals surface area contributed by atoms with Crippen molar-refractivity contribution >= 4 is 0 Å². The van der Waals surface area contributed by atoms with Crippen molar-refractivity contribution in [1.82, 2.24) is 0 Å². The fraction of sp³-hybridized carbons (Fsp3) is 1.00. The van der Waals surface area contributed by atoms with Crippen LogP contribution in [0.3, 0.4) is 0 Å². The summed E-state index contributed by atoms with van der Waals surface area (Å²) in [7, 11) is 0. The van der Waals surface area contributed by atoms with Crippen LogP contribution in [0, 0.1) is 46.3 Å². The van der Waals surface area contributed by atoms with Gasteiger partial charge in [-0.3, -0.25) is 0 Å². The molecule has 0 saturated heterocycles. The Labute approximate surface area is 258 Å². The van der Waals surface area contributed by atoms with Gasteiger partial charge in [0.1, 0.15) is 0 Å². The van der Waals surface area contributed by atoms with Crippen molar-refractivity contribution in [3.63, 3.8) is 0 Å². The zero-order chi connectivity index (χ0) is 30.2. The van der Waals surface area contributed by atoms with Crippen molar-refractivity contribution in [2.24, 2.45) is 63.5 Å². The molecule has 4 saturated carbocycles. The van der Waals surface area contributed by atoms with E-state index >= 15 is 0 Å². The predicted molar refractivity (Wildman–Crippen MR) is 171 cm³/mol. The molecular formula is C35H67N3O4. The van der Waals surface area contributed by atoms with Crippen molar-refractivity contribution in [2.75, 3.05) is 52.7 Å². The Kier molecular flexibility index (Phi) is 13.4. The monoisotopic (exact) mass is 594 g/mol. The van der Waals surface area contributed by atoms with Crippen molar-refractivity contribution in [3.8, 4) is 0 Å². The molecule has 4 aliphatic rings. The van der Waals surface area contributed by atoms with Crippen LogP contribution in [0.15, 0.2) is 0 Å². The average molecular weight is 594 g/mol. The molecule has 7 nitrogen and oxygen atoms in total. The van der Waals surface area contributed by atoms with Crippen LogP contribution in [0.4, 0.5) is 0 Å². The molecule has 0 radical (unpaired) electrons. The Morgan fingerprint density at radius 1 is 0.762 bits per heavy atom. The van der Waals surface area contributed by atoms with Gasteiger partial charge >= 0.3 is 0 Å². The van der Waals surface area contributed by atoms with Gasteiger partial charge in [-0.05, 0) is 145 Å². The van der Waals surface area contributed by atoms with Crippen LogP contribution < -0.4 is 17.2 Å². The topological polar surface area (TPSA) is 115 Å². The molecule has 0 aromatic heterocycles. The number of rotatable bonds is 18. The van der Waals surface area contributed by atoms with Gasteiger partial charge < -0.3 is 36.1 Å². The summed E-state index contributed by atoms with van der Waals surface area (Å²) in [5.74, 6) is 3.83. The maximum atomic E-state index is 6.96. The normalized spacial score (nSPS) is 40.4. The highest BCUT2D eigenvalue weighted by atomic mass is 16.5. The van der Waals surface area contributed by atoms with Crippen molar-refractivity contribution in [3.05, 3.63) is 0 Å². The zero-order valence-corrected chi connectivity index (χ0v) is 27.7. The van der Waals surface area contributed by atoms with E-state index in [1.54, 1.807) is 0 Å². The van der Waals surface area contributed by atoms with Crippen molar-refractivity contribution in [1.29, 1.82) is 0 Å². The zero-order valence-electron chi connectivity index (χ0n) is 27.7. The van der Waals surface area contributed by atoms with E-state index in [2.05, 4.69) is 27.7 Å². The van der Waals surface area contributed by atoms with E-state index in [0.29, 0.717) is 72.8 Å². The van der Waals surface area contributed by atoms with Crippen LogP contribution in [0.2, 0.25) is 0 Å². The summed E-state index contributed by atoms with van der Waals surface area (Å²) in [5.41, 5.74) is 18.1. The van der Waals surface area contributed by atoms with Gasteiger partial charge in [-0.2, -0.15) is 0 Å². The summed E-state index contributed by atoms with van der Waals surface area (Å²) in [5, 5.41) is 0. The second-order valence-electron chi connectivity index (χ2n) is 14.8. The fourth-order valence-corrected chi connectivity index (χ4v) is 10.5. The highest BCUT2D eigenvalue weighted by molar-refractivity contribution is 5.15. The molecule has 0 bridgehead atoms. The van der Waals surface area contributed by atoms with Crippen molar-refractivity contribution in [2.45, 2.75) is 123 Å². The SMILES string of the molecule is CCOCCC[C@@H](C)[C@H]1CC[C@H]2[C@@H]3[C@H](OCCCN)C[C@@H]4C[C@H](OCCCN)CC[C@]4(C)[C@H]3C[C@H](OCCCN)[C@]12C. The van der Waals surface area contributed by atoms with Gasteiger partial charge in [0.15, 0.2) is 0 Å². The number of nitrogens with two attached hydrogens (primary N) is 3. The molecule has 42 heavy (non-hydrogen) atoms. The molecule has 0 aromatic rings. The van der Waals surface area contributed by atoms with Crippen LogP contribution in [-0.4, -0.2) is 71.0 Å². The molecule has 4 fully saturated rings. The maximum absolute atomic E-state index is 6.96. The van der Waals surface area contributed by atoms with E-state index in [9.17, 15) is 0 Å². The van der Waals surface area contributed by atoms with Crippen LogP contribution in [0.5, 0.6) is 0 Å². The Balaban J connectivity index is 1.61. The third-order valence-corrected chi connectivity index (χ3v) is 12.6. The first-order valence-electron chi connectivity index (χ1n) is 17.9. The van der Waals surface area contributed by atoms with E-state index in [1.165, 1.54) is 38.5 Å². The molecule has 0 spiro atoms. The Bertz CT molecular complexity index is 787. The van der Waals surface area contributed by atoms with Gasteiger partial charge in [0.25, 0.3) is 0 Å². The van der Waals surface area contributed by atoms with Crippen LogP contribution in [-0.2, 0) is 18.9 Å². The summed E-state index contributed by atoms with van der Waals surface area (Å²) in [6.45, 7) is 16.0. The number of ether oxygens (including phenoxy) is 4. The second kappa shape index (κ2) is 16.3. The standard InChI is InChI=1S/C35H67N3O4/c1-5-39-18-6-10-25(2)28-11-12-29-33-30(24-32(35(28,29)4)42-21-9-17-38)34(3)14-13-27(40-19-7-15-36)22-26(34)23-31(33)41-20-8-16-37/h25-33H,5-24,36-38H2,1-4H3/t25-,26+,27-,28-,29+,30+,31-,32+,33+,34+,35-/m1/s1. The Morgan fingerprint density at radius 3 is 2.14 bits per heavy atom. The molecule has 0 aromatic carbocycles. The van der Waals surface area contributed by atoms with Crippen LogP contribution in [0.1, 0.15) is 105 Å². The largest absolute Gasteiger partial charge is 0.382 e. The number of fused-ring (bicyclic) bond motifs is 5. The first kappa shape index (κ1) is 34.6. The summed E-state index contributed by atoms with van der Waals surface area (Å²) >= 11 is 0. The first-order chi connectivity index (χ1) is 20.3. The third kappa shape index (κ3) is 7.40. The van der Waals surface area contributed by atoms with E-state index in [0.717, 1.165) is 71.6 Å². The molecule has 0 aliphatic heterocycles. The van der Waals surface area contributed by atoms with Gasteiger partial charge in [-0.25, -0.2) is 0 Å². The van der Waals surface area contributed by atoms with Crippen LogP contribution in [0.25, 0.3) is 0 Å². The van der Waals surface area contributed by atoms with Gasteiger partial charge in [0, 0.05) is 38.4 Å². The molecular weight excluding hydrogens is 526 g/mol.